The molecule has 158 valence electrons. The van der Waals surface area contributed by atoms with Gasteiger partial charge in [0.15, 0.2) is 15.6 Å². The fourth-order valence-electron chi connectivity index (χ4n) is 3.61. The van der Waals surface area contributed by atoms with E-state index in [1.54, 1.807) is 6.07 Å². The average Bonchev–Trinajstić information content (AvgIpc) is 3.27. The van der Waals surface area contributed by atoms with Gasteiger partial charge in [-0.1, -0.05) is 30.2 Å². The molecule has 0 N–H and O–H groups in total. The minimum atomic E-state index is -4.40. The predicted molar refractivity (Wildman–Crippen MR) is 99.0 cm³/mol. The van der Waals surface area contributed by atoms with Gasteiger partial charge in [0.1, 0.15) is 27.2 Å². The summed E-state index contributed by atoms with van der Waals surface area (Å²) < 4.78 is 71.1. The number of imidazole rings is 1. The van der Waals surface area contributed by atoms with Crippen LogP contribution in [0.1, 0.15) is 35.8 Å². The Balaban J connectivity index is 1.86. The van der Waals surface area contributed by atoms with E-state index in [9.17, 15) is 26.4 Å². The van der Waals surface area contributed by atoms with Crippen molar-refractivity contribution in [1.82, 2.24) is 9.55 Å². The highest BCUT2D eigenvalue weighted by Crippen LogP contribution is 2.46. The quantitative estimate of drug-likeness (QED) is 0.619. The predicted octanol–water partition coefficient (Wildman–Crippen LogP) is 4.11. The van der Waals surface area contributed by atoms with Gasteiger partial charge in [-0.2, -0.15) is 13.2 Å². The Hall–Kier alpha value is -2.07. The van der Waals surface area contributed by atoms with E-state index in [1.807, 2.05) is 0 Å². The molecule has 2 atom stereocenters. The number of ketones is 1. The Kier molecular flexibility index (Phi) is 5.96. The molecule has 11 heteroatoms. The summed E-state index contributed by atoms with van der Waals surface area (Å²) in [6.45, 7) is 0. The molecule has 1 saturated carbocycles. The Labute approximate surface area is 170 Å². The number of alkyl halides is 3. The highest BCUT2D eigenvalue weighted by atomic mass is 35.5. The van der Waals surface area contributed by atoms with E-state index < -0.39 is 39.5 Å². The number of hydrogen-bond donors (Lipinski definition) is 0. The Morgan fingerprint density at radius 1 is 1.31 bits per heavy atom. The number of Topliss-reactive ketones (excluding diaryl/α,β-unsaturated/α-hetero) is 1. The third kappa shape index (κ3) is 4.28. The highest BCUT2D eigenvalue weighted by Gasteiger charge is 2.48. The first-order valence-electron chi connectivity index (χ1n) is 8.74. The molecule has 2 unspecified atom stereocenters. The van der Waals surface area contributed by atoms with Crippen molar-refractivity contribution in [2.45, 2.75) is 36.4 Å². The zero-order chi connectivity index (χ0) is 21.4. The fourth-order valence-corrected chi connectivity index (χ4v) is 5.32. The van der Waals surface area contributed by atoms with Gasteiger partial charge in [-0.05, 0) is 25.0 Å². The average molecular weight is 451 g/mol. The van der Waals surface area contributed by atoms with E-state index in [0.29, 0.717) is 6.42 Å². The summed E-state index contributed by atoms with van der Waals surface area (Å²) in [5.74, 6) is -3.34. The number of halogens is 4. The smallest absolute Gasteiger partial charge is 0.393 e. The molecular formula is C18H18ClF3N2O4S. The number of hydrogen-bond acceptors (Lipinski definition) is 5. The van der Waals surface area contributed by atoms with Gasteiger partial charge in [-0.3, -0.25) is 4.79 Å². The van der Waals surface area contributed by atoms with Crippen molar-refractivity contribution >= 4 is 27.2 Å². The second kappa shape index (κ2) is 7.98. The minimum Gasteiger partial charge on any atom is -0.495 e. The first-order valence-corrected chi connectivity index (χ1v) is 10.8. The number of ether oxygens (including phenoxy) is 1. The maximum Gasteiger partial charge on any atom is 0.393 e. The molecule has 0 saturated heterocycles. The maximum absolute atomic E-state index is 13.2. The third-order valence-corrected chi connectivity index (χ3v) is 7.00. The molecule has 29 heavy (non-hydrogen) atoms. The van der Waals surface area contributed by atoms with Crippen molar-refractivity contribution in [3.05, 3.63) is 41.4 Å². The van der Waals surface area contributed by atoms with Gasteiger partial charge in [0.25, 0.3) is 0 Å². The van der Waals surface area contributed by atoms with Gasteiger partial charge < -0.3 is 9.30 Å². The van der Waals surface area contributed by atoms with Crippen LogP contribution in [0.2, 0.25) is 5.15 Å². The van der Waals surface area contributed by atoms with Gasteiger partial charge in [-0.25, -0.2) is 13.4 Å². The van der Waals surface area contributed by atoms with Crippen LogP contribution in [0.4, 0.5) is 13.2 Å². The van der Waals surface area contributed by atoms with Gasteiger partial charge in [0.2, 0.25) is 0 Å². The zero-order valence-corrected chi connectivity index (χ0v) is 16.9. The molecule has 1 fully saturated rings. The number of carbonyl (C=O) groups excluding carboxylic acids is 1. The van der Waals surface area contributed by atoms with E-state index in [0.717, 1.165) is 10.9 Å². The molecule has 3 rings (SSSR count). The summed E-state index contributed by atoms with van der Waals surface area (Å²) in [7, 11) is -2.77. The SMILES string of the molecule is COc1ccccc1S(=O)(=O)CC(=O)c1ncn(C2CCCC2C(F)(F)F)c1Cl. The molecule has 2 aromatic rings. The molecule has 0 bridgehead atoms. The van der Waals surface area contributed by atoms with Crippen LogP contribution < -0.4 is 4.74 Å². The van der Waals surface area contributed by atoms with Gasteiger partial charge in [-0.15, -0.1) is 0 Å². The lowest BCUT2D eigenvalue weighted by atomic mass is 10.0. The summed E-state index contributed by atoms with van der Waals surface area (Å²) in [5, 5.41) is -0.286. The molecule has 1 aromatic carbocycles. The zero-order valence-electron chi connectivity index (χ0n) is 15.3. The van der Waals surface area contributed by atoms with Crippen molar-refractivity contribution < 1.29 is 31.1 Å². The molecule has 0 radical (unpaired) electrons. The first-order chi connectivity index (χ1) is 13.6. The van der Waals surface area contributed by atoms with E-state index >= 15 is 0 Å². The van der Waals surface area contributed by atoms with Crippen molar-refractivity contribution in [3.8, 4) is 5.75 Å². The molecule has 0 amide bonds. The number of para-hydroxylation sites is 1. The van der Waals surface area contributed by atoms with Crippen molar-refractivity contribution in [2.24, 2.45) is 5.92 Å². The van der Waals surface area contributed by atoms with Crippen LogP contribution in [-0.4, -0.2) is 42.8 Å². The lowest BCUT2D eigenvalue weighted by molar-refractivity contribution is -0.181. The number of nitrogens with zero attached hydrogens (tertiary/aromatic N) is 2. The Morgan fingerprint density at radius 3 is 2.66 bits per heavy atom. The summed E-state index contributed by atoms with van der Waals surface area (Å²) in [6.07, 6.45) is -2.75. The van der Waals surface area contributed by atoms with Crippen LogP contribution in [0.5, 0.6) is 5.75 Å². The van der Waals surface area contributed by atoms with Crippen LogP contribution in [-0.2, 0) is 9.84 Å². The fraction of sp³-hybridized carbons (Fsp3) is 0.444. The maximum atomic E-state index is 13.2. The summed E-state index contributed by atoms with van der Waals surface area (Å²) in [5.41, 5.74) is -0.363. The lowest BCUT2D eigenvalue weighted by Gasteiger charge is -2.24. The third-order valence-electron chi connectivity index (χ3n) is 4.98. The second-order valence-electron chi connectivity index (χ2n) is 6.77. The normalized spacial score (nSPS) is 20.0. The Morgan fingerprint density at radius 2 is 2.00 bits per heavy atom. The van der Waals surface area contributed by atoms with Gasteiger partial charge in [0.05, 0.1) is 19.4 Å². The molecule has 0 spiro atoms. The monoisotopic (exact) mass is 450 g/mol. The van der Waals surface area contributed by atoms with E-state index in [4.69, 9.17) is 16.3 Å². The molecule has 1 heterocycles. The van der Waals surface area contributed by atoms with Gasteiger partial charge in [0, 0.05) is 6.04 Å². The summed E-state index contributed by atoms with van der Waals surface area (Å²) >= 11 is 6.14. The lowest BCUT2D eigenvalue weighted by Crippen LogP contribution is -2.28. The summed E-state index contributed by atoms with van der Waals surface area (Å²) in [4.78, 5) is 16.2. The van der Waals surface area contributed by atoms with Crippen LogP contribution in [0.25, 0.3) is 0 Å². The molecule has 0 aliphatic heterocycles. The van der Waals surface area contributed by atoms with E-state index in [1.165, 1.54) is 25.3 Å². The van der Waals surface area contributed by atoms with Crippen molar-refractivity contribution in [1.29, 1.82) is 0 Å². The Bertz CT molecular complexity index is 1020. The number of methoxy groups -OCH3 is 1. The van der Waals surface area contributed by atoms with Crippen molar-refractivity contribution in [3.63, 3.8) is 0 Å². The standard InChI is InChI=1S/C18H18ClF3N2O4S/c1-28-14-7-2-3-8-15(14)29(26,27)9-13(25)16-17(19)24(10-23-16)12-6-4-5-11(12)18(20,21)22/h2-3,7-8,10-12H,4-6,9H2,1H3. The number of sulfone groups is 1. The number of rotatable bonds is 6. The van der Waals surface area contributed by atoms with Crippen LogP contribution >= 0.6 is 11.6 Å². The molecule has 1 aromatic heterocycles. The largest absolute Gasteiger partial charge is 0.495 e. The van der Waals surface area contributed by atoms with Crippen LogP contribution in [0.3, 0.4) is 0 Å². The number of benzene rings is 1. The van der Waals surface area contributed by atoms with Crippen LogP contribution in [0, 0.1) is 5.92 Å². The minimum absolute atomic E-state index is 0.0336. The highest BCUT2D eigenvalue weighted by molar-refractivity contribution is 7.92. The molecule has 1 aliphatic rings. The topological polar surface area (TPSA) is 78.3 Å². The van der Waals surface area contributed by atoms with Crippen LogP contribution in [0.15, 0.2) is 35.5 Å². The molecular weight excluding hydrogens is 433 g/mol. The molecule has 1 aliphatic carbocycles. The first kappa shape index (κ1) is 21.6. The van der Waals surface area contributed by atoms with E-state index in [2.05, 4.69) is 4.98 Å². The van der Waals surface area contributed by atoms with E-state index in [-0.39, 0.29) is 34.3 Å². The number of aromatic nitrogens is 2. The van der Waals surface area contributed by atoms with Crippen molar-refractivity contribution in [2.75, 3.05) is 12.9 Å². The molecule has 6 nitrogen and oxygen atoms in total. The van der Waals surface area contributed by atoms with Gasteiger partial charge >= 0.3 is 6.18 Å². The number of carbonyl (C=O) groups is 1. The second-order valence-corrected chi connectivity index (χ2v) is 9.09. The summed E-state index contributed by atoms with van der Waals surface area (Å²) in [6, 6.07) is 4.84.